The summed E-state index contributed by atoms with van der Waals surface area (Å²) in [5, 5.41) is 0. The predicted octanol–water partition coefficient (Wildman–Crippen LogP) is 3.11. The van der Waals surface area contributed by atoms with Gasteiger partial charge in [-0.3, -0.25) is 0 Å². The van der Waals surface area contributed by atoms with Gasteiger partial charge in [-0.05, 0) is 43.3 Å². The first-order valence-corrected chi connectivity index (χ1v) is 5.99. The van der Waals surface area contributed by atoms with Gasteiger partial charge < -0.3 is 14.3 Å². The summed E-state index contributed by atoms with van der Waals surface area (Å²) in [6, 6.07) is 8.13. The van der Waals surface area contributed by atoms with Crippen LogP contribution in [0.4, 0.5) is 0 Å². The molecular weight excluding hydrogens is 232 g/mol. The van der Waals surface area contributed by atoms with Crippen LogP contribution >= 0.6 is 12.2 Å². The van der Waals surface area contributed by atoms with E-state index in [-0.39, 0.29) is 0 Å². The van der Waals surface area contributed by atoms with Crippen molar-refractivity contribution in [2.75, 3.05) is 7.11 Å². The van der Waals surface area contributed by atoms with Crippen LogP contribution in [0.2, 0.25) is 0 Å². The third-order valence-electron chi connectivity index (χ3n) is 2.69. The molecule has 0 aliphatic carbocycles. The van der Waals surface area contributed by atoms with Crippen molar-refractivity contribution in [3.05, 3.63) is 46.5 Å². The van der Waals surface area contributed by atoms with Crippen LogP contribution in [-0.2, 0) is 13.0 Å². The summed E-state index contributed by atoms with van der Waals surface area (Å²) < 4.78 is 8.04. The maximum absolute atomic E-state index is 5.22. The van der Waals surface area contributed by atoms with Crippen molar-refractivity contribution in [2.24, 2.45) is 0 Å². The molecule has 17 heavy (non-hydrogen) atoms. The monoisotopic (exact) mass is 248 g/mol. The lowest BCUT2D eigenvalue weighted by Gasteiger charge is -2.05. The van der Waals surface area contributed by atoms with Crippen LogP contribution in [0.3, 0.4) is 0 Å². The molecule has 0 unspecified atom stereocenters. The van der Waals surface area contributed by atoms with Gasteiger partial charge in [0.15, 0.2) is 4.77 Å². The van der Waals surface area contributed by atoms with Gasteiger partial charge in [0, 0.05) is 18.4 Å². The van der Waals surface area contributed by atoms with E-state index in [2.05, 4.69) is 21.7 Å². The highest BCUT2D eigenvalue weighted by atomic mass is 32.1. The lowest BCUT2D eigenvalue weighted by Crippen LogP contribution is -2.00. The van der Waals surface area contributed by atoms with Crippen molar-refractivity contribution in [3.8, 4) is 5.75 Å². The molecule has 2 aromatic rings. The highest BCUT2D eigenvalue weighted by Crippen LogP contribution is 2.13. The van der Waals surface area contributed by atoms with E-state index >= 15 is 0 Å². The average molecular weight is 248 g/mol. The van der Waals surface area contributed by atoms with Gasteiger partial charge >= 0.3 is 0 Å². The highest BCUT2D eigenvalue weighted by molar-refractivity contribution is 7.71. The fourth-order valence-electron chi connectivity index (χ4n) is 1.81. The summed E-state index contributed by atoms with van der Waals surface area (Å²) in [5.74, 6) is 0.899. The van der Waals surface area contributed by atoms with E-state index in [1.54, 1.807) is 7.11 Å². The Balaban J connectivity index is 2.07. The van der Waals surface area contributed by atoms with Crippen LogP contribution in [0, 0.1) is 11.7 Å². The van der Waals surface area contributed by atoms with Gasteiger partial charge in [-0.1, -0.05) is 12.1 Å². The average Bonchev–Trinajstić information content (AvgIpc) is 2.65. The first-order chi connectivity index (χ1) is 8.19. The van der Waals surface area contributed by atoms with E-state index in [0.717, 1.165) is 29.2 Å². The molecule has 1 aromatic carbocycles. The largest absolute Gasteiger partial charge is 0.497 e. The molecule has 4 heteroatoms. The van der Waals surface area contributed by atoms with E-state index in [9.17, 15) is 0 Å². The number of hydrogen-bond donors (Lipinski definition) is 1. The van der Waals surface area contributed by atoms with Crippen molar-refractivity contribution in [2.45, 2.75) is 19.9 Å². The van der Waals surface area contributed by atoms with E-state index in [0.29, 0.717) is 0 Å². The summed E-state index contributed by atoms with van der Waals surface area (Å²) >= 11 is 5.22. The number of aryl methyl sites for hydroxylation is 3. The Morgan fingerprint density at radius 2 is 2.24 bits per heavy atom. The topological polar surface area (TPSA) is 29.9 Å². The second kappa shape index (κ2) is 5.19. The molecule has 0 radical (unpaired) electrons. The summed E-state index contributed by atoms with van der Waals surface area (Å²) in [6.45, 7) is 2.90. The van der Waals surface area contributed by atoms with Crippen LogP contribution in [-0.4, -0.2) is 16.7 Å². The van der Waals surface area contributed by atoms with Crippen LogP contribution in [0.15, 0.2) is 30.5 Å². The smallest absolute Gasteiger partial charge is 0.177 e. The van der Waals surface area contributed by atoms with Gasteiger partial charge in [-0.2, -0.15) is 0 Å². The van der Waals surface area contributed by atoms with Crippen molar-refractivity contribution >= 4 is 12.2 Å². The molecule has 0 saturated heterocycles. The minimum Gasteiger partial charge on any atom is -0.497 e. The van der Waals surface area contributed by atoms with Crippen molar-refractivity contribution in [1.82, 2.24) is 9.55 Å². The molecule has 2 rings (SSSR count). The Morgan fingerprint density at radius 3 is 2.88 bits per heavy atom. The van der Waals surface area contributed by atoms with Gasteiger partial charge in [0.1, 0.15) is 5.75 Å². The summed E-state index contributed by atoms with van der Waals surface area (Å²) in [7, 11) is 1.69. The van der Waals surface area contributed by atoms with Gasteiger partial charge in [-0.15, -0.1) is 0 Å². The zero-order chi connectivity index (χ0) is 12.3. The summed E-state index contributed by atoms with van der Waals surface area (Å²) in [6.07, 6.45) is 2.99. The minimum atomic E-state index is 0.783. The van der Waals surface area contributed by atoms with Crippen molar-refractivity contribution < 1.29 is 4.74 Å². The maximum atomic E-state index is 5.22. The first kappa shape index (κ1) is 11.9. The standard InChI is InChI=1S/C13H16N2OS/c1-10-9-15(13(17)14-10)7-6-11-4-3-5-12(8-11)16-2/h3-5,8-9H,6-7H2,1-2H3,(H,14,17). The van der Waals surface area contributed by atoms with Crippen LogP contribution in [0.25, 0.3) is 0 Å². The van der Waals surface area contributed by atoms with Gasteiger partial charge in [-0.25, -0.2) is 0 Å². The third kappa shape index (κ3) is 2.97. The van der Waals surface area contributed by atoms with E-state index in [1.807, 2.05) is 25.3 Å². The maximum Gasteiger partial charge on any atom is 0.177 e. The molecule has 0 fully saturated rings. The Labute approximate surface area is 106 Å². The fourth-order valence-corrected chi connectivity index (χ4v) is 2.11. The normalized spacial score (nSPS) is 10.5. The molecule has 0 atom stereocenters. The number of hydrogen-bond acceptors (Lipinski definition) is 2. The van der Waals surface area contributed by atoms with Crippen LogP contribution < -0.4 is 4.74 Å². The Morgan fingerprint density at radius 1 is 1.41 bits per heavy atom. The zero-order valence-electron chi connectivity index (χ0n) is 10.1. The quantitative estimate of drug-likeness (QED) is 0.843. The predicted molar refractivity (Wildman–Crippen MR) is 71.1 cm³/mol. The number of ether oxygens (including phenoxy) is 1. The van der Waals surface area contributed by atoms with E-state index in [1.165, 1.54) is 5.56 Å². The van der Waals surface area contributed by atoms with Crippen molar-refractivity contribution in [3.63, 3.8) is 0 Å². The number of aromatic amines is 1. The number of imidazole rings is 1. The number of benzene rings is 1. The Hall–Kier alpha value is -1.55. The summed E-state index contributed by atoms with van der Waals surface area (Å²) in [5.41, 5.74) is 2.35. The number of nitrogens with zero attached hydrogens (tertiary/aromatic N) is 1. The molecular formula is C13H16N2OS. The number of rotatable bonds is 4. The lowest BCUT2D eigenvalue weighted by atomic mass is 10.1. The van der Waals surface area contributed by atoms with Crippen LogP contribution in [0.5, 0.6) is 5.75 Å². The number of methoxy groups -OCH3 is 1. The van der Waals surface area contributed by atoms with Gasteiger partial charge in [0.25, 0.3) is 0 Å². The number of aromatic nitrogens is 2. The first-order valence-electron chi connectivity index (χ1n) is 5.58. The molecule has 0 aliphatic rings. The molecule has 0 bridgehead atoms. The molecule has 0 spiro atoms. The second-order valence-electron chi connectivity index (χ2n) is 4.04. The third-order valence-corrected chi connectivity index (χ3v) is 3.03. The molecule has 0 amide bonds. The molecule has 1 aromatic heterocycles. The zero-order valence-corrected chi connectivity index (χ0v) is 10.9. The Bertz CT molecular complexity index is 557. The Kier molecular flexibility index (Phi) is 3.64. The molecule has 90 valence electrons. The second-order valence-corrected chi connectivity index (χ2v) is 4.42. The molecule has 3 nitrogen and oxygen atoms in total. The lowest BCUT2D eigenvalue weighted by molar-refractivity contribution is 0.414. The highest BCUT2D eigenvalue weighted by Gasteiger charge is 1.99. The molecule has 0 aliphatic heterocycles. The molecule has 1 N–H and O–H groups in total. The van der Waals surface area contributed by atoms with Crippen molar-refractivity contribution in [1.29, 1.82) is 0 Å². The summed E-state index contributed by atoms with van der Waals surface area (Å²) in [4.78, 5) is 3.12. The van der Waals surface area contributed by atoms with Gasteiger partial charge in [0.05, 0.1) is 7.11 Å². The molecule has 1 heterocycles. The molecule has 0 saturated carbocycles. The van der Waals surface area contributed by atoms with Gasteiger partial charge in [0.2, 0.25) is 0 Å². The van der Waals surface area contributed by atoms with E-state index in [4.69, 9.17) is 17.0 Å². The number of H-pyrrole nitrogens is 1. The number of nitrogens with one attached hydrogen (secondary N) is 1. The minimum absolute atomic E-state index is 0.783. The van der Waals surface area contributed by atoms with E-state index < -0.39 is 0 Å². The van der Waals surface area contributed by atoms with Crippen LogP contribution in [0.1, 0.15) is 11.3 Å². The fraction of sp³-hybridized carbons (Fsp3) is 0.308. The SMILES string of the molecule is COc1cccc(CCn2cc(C)[nH]c2=S)c1.